The SMILES string of the molecule is O=C1CCc2cc(S(=O)(=O)NCc3ccc4cccnc4c3)c(F)cc2N1. The summed E-state index contributed by atoms with van der Waals surface area (Å²) in [5.74, 6) is -1.11. The average molecular weight is 385 g/mol. The molecule has 3 aromatic rings. The Morgan fingerprint density at radius 3 is 2.85 bits per heavy atom. The van der Waals surface area contributed by atoms with Crippen molar-refractivity contribution in [3.63, 3.8) is 0 Å². The number of carbonyl (C=O) groups is 1. The zero-order valence-electron chi connectivity index (χ0n) is 14.2. The fourth-order valence-corrected chi connectivity index (χ4v) is 4.19. The number of nitrogens with zero attached hydrogens (tertiary/aromatic N) is 1. The van der Waals surface area contributed by atoms with Crippen LogP contribution in [-0.4, -0.2) is 19.3 Å². The summed E-state index contributed by atoms with van der Waals surface area (Å²) < 4.78 is 42.0. The zero-order valence-corrected chi connectivity index (χ0v) is 15.0. The van der Waals surface area contributed by atoms with E-state index in [4.69, 9.17) is 0 Å². The highest BCUT2D eigenvalue weighted by molar-refractivity contribution is 7.89. The van der Waals surface area contributed by atoms with Gasteiger partial charge in [-0.1, -0.05) is 18.2 Å². The van der Waals surface area contributed by atoms with Crippen molar-refractivity contribution in [1.82, 2.24) is 9.71 Å². The lowest BCUT2D eigenvalue weighted by molar-refractivity contribution is -0.116. The smallest absolute Gasteiger partial charge is 0.243 e. The number of aromatic nitrogens is 1. The third-order valence-corrected chi connectivity index (χ3v) is 5.90. The molecule has 27 heavy (non-hydrogen) atoms. The lowest BCUT2D eigenvalue weighted by Crippen LogP contribution is -2.25. The second-order valence-electron chi connectivity index (χ2n) is 6.34. The van der Waals surface area contributed by atoms with E-state index in [1.54, 1.807) is 18.3 Å². The van der Waals surface area contributed by atoms with Crippen LogP contribution in [0.2, 0.25) is 0 Å². The zero-order chi connectivity index (χ0) is 19.0. The second kappa shape index (κ2) is 6.71. The van der Waals surface area contributed by atoms with Gasteiger partial charge in [0.2, 0.25) is 15.9 Å². The maximum Gasteiger partial charge on any atom is 0.243 e. The number of anilines is 1. The first kappa shape index (κ1) is 17.6. The van der Waals surface area contributed by atoms with Gasteiger partial charge < -0.3 is 5.32 Å². The van der Waals surface area contributed by atoms with Gasteiger partial charge in [0.05, 0.1) is 5.52 Å². The minimum absolute atomic E-state index is 0.0160. The maximum absolute atomic E-state index is 14.4. The van der Waals surface area contributed by atoms with Crippen LogP contribution < -0.4 is 10.0 Å². The van der Waals surface area contributed by atoms with Crippen molar-refractivity contribution >= 4 is 32.5 Å². The minimum atomic E-state index is -4.05. The van der Waals surface area contributed by atoms with Gasteiger partial charge in [-0.05, 0) is 41.8 Å². The van der Waals surface area contributed by atoms with Crippen molar-refractivity contribution in [3.8, 4) is 0 Å². The van der Waals surface area contributed by atoms with Gasteiger partial charge in [0, 0.05) is 30.2 Å². The van der Waals surface area contributed by atoms with Gasteiger partial charge in [-0.2, -0.15) is 0 Å². The molecule has 0 aliphatic carbocycles. The van der Waals surface area contributed by atoms with Crippen molar-refractivity contribution in [2.75, 3.05) is 5.32 Å². The number of benzene rings is 2. The first-order valence-corrected chi connectivity index (χ1v) is 9.86. The van der Waals surface area contributed by atoms with E-state index < -0.39 is 20.7 Å². The monoisotopic (exact) mass is 385 g/mol. The molecule has 0 saturated heterocycles. The van der Waals surface area contributed by atoms with E-state index in [0.29, 0.717) is 17.7 Å². The minimum Gasteiger partial charge on any atom is -0.326 e. The van der Waals surface area contributed by atoms with Crippen molar-refractivity contribution in [3.05, 3.63) is 65.6 Å². The topological polar surface area (TPSA) is 88.2 Å². The number of sulfonamides is 1. The van der Waals surface area contributed by atoms with Gasteiger partial charge in [0.25, 0.3) is 0 Å². The predicted octanol–water partition coefficient (Wildman–Crippen LogP) is 2.74. The van der Waals surface area contributed by atoms with E-state index >= 15 is 0 Å². The highest BCUT2D eigenvalue weighted by Gasteiger charge is 2.24. The third kappa shape index (κ3) is 3.54. The summed E-state index contributed by atoms with van der Waals surface area (Å²) in [5.41, 5.74) is 2.40. The van der Waals surface area contributed by atoms with Crippen LogP contribution in [0, 0.1) is 5.82 Å². The lowest BCUT2D eigenvalue weighted by Gasteiger charge is -2.18. The van der Waals surface area contributed by atoms with Crippen molar-refractivity contribution < 1.29 is 17.6 Å². The summed E-state index contributed by atoms with van der Waals surface area (Å²) in [6, 6.07) is 11.5. The fourth-order valence-electron chi connectivity index (χ4n) is 3.06. The summed E-state index contributed by atoms with van der Waals surface area (Å²) >= 11 is 0. The van der Waals surface area contributed by atoms with E-state index in [1.165, 1.54) is 6.07 Å². The Morgan fingerprint density at radius 1 is 1.15 bits per heavy atom. The molecule has 1 aliphatic heterocycles. The number of rotatable bonds is 4. The number of fused-ring (bicyclic) bond motifs is 2. The second-order valence-corrected chi connectivity index (χ2v) is 8.08. The number of hydrogen-bond acceptors (Lipinski definition) is 4. The Labute approximate surface area is 155 Å². The number of aryl methyl sites for hydroxylation is 1. The molecule has 8 heteroatoms. The normalized spacial score (nSPS) is 14.0. The number of pyridine rings is 1. The van der Waals surface area contributed by atoms with Gasteiger partial charge in [-0.3, -0.25) is 9.78 Å². The molecule has 138 valence electrons. The molecule has 0 saturated carbocycles. The number of carbonyl (C=O) groups excluding carboxylic acids is 1. The van der Waals surface area contributed by atoms with Gasteiger partial charge in [-0.15, -0.1) is 0 Å². The van der Waals surface area contributed by atoms with Crippen molar-refractivity contribution in [1.29, 1.82) is 0 Å². The van der Waals surface area contributed by atoms with Gasteiger partial charge in [-0.25, -0.2) is 17.5 Å². The quantitative estimate of drug-likeness (QED) is 0.723. The molecule has 1 aliphatic rings. The molecule has 2 N–H and O–H groups in total. The molecular formula is C19H16FN3O3S. The molecule has 2 aromatic carbocycles. The van der Waals surface area contributed by atoms with Crippen LogP contribution in [0.25, 0.3) is 10.9 Å². The molecule has 4 rings (SSSR count). The highest BCUT2D eigenvalue weighted by Crippen LogP contribution is 2.28. The maximum atomic E-state index is 14.4. The van der Waals surface area contributed by atoms with Gasteiger partial charge in [0.1, 0.15) is 10.7 Å². The fraction of sp³-hybridized carbons (Fsp3) is 0.158. The van der Waals surface area contributed by atoms with Crippen LogP contribution in [0.1, 0.15) is 17.5 Å². The Kier molecular flexibility index (Phi) is 4.37. The first-order chi connectivity index (χ1) is 12.9. The average Bonchev–Trinajstić information content (AvgIpc) is 2.65. The Bertz CT molecular complexity index is 1160. The van der Waals surface area contributed by atoms with Crippen LogP contribution in [0.15, 0.2) is 53.6 Å². The summed E-state index contributed by atoms with van der Waals surface area (Å²) in [6.07, 6.45) is 2.29. The van der Waals surface area contributed by atoms with Gasteiger partial charge >= 0.3 is 0 Å². The van der Waals surface area contributed by atoms with Crippen LogP contribution in [0.5, 0.6) is 0 Å². The Balaban J connectivity index is 1.58. The summed E-state index contributed by atoms with van der Waals surface area (Å²) in [7, 11) is -4.05. The van der Waals surface area contributed by atoms with E-state index in [-0.39, 0.29) is 18.9 Å². The third-order valence-electron chi connectivity index (χ3n) is 4.48. The number of nitrogens with one attached hydrogen (secondary N) is 2. The number of halogens is 1. The van der Waals surface area contributed by atoms with Crippen LogP contribution >= 0.6 is 0 Å². The molecule has 6 nitrogen and oxygen atoms in total. The standard InChI is InChI=1S/C19H16FN3O3S/c20-15-10-17-14(5-6-19(24)23-17)9-18(15)27(25,26)22-11-12-3-4-13-2-1-7-21-16(13)8-12/h1-4,7-10,22H,5-6,11H2,(H,23,24). The van der Waals surface area contributed by atoms with E-state index in [9.17, 15) is 17.6 Å². The molecule has 1 amide bonds. The Hall–Kier alpha value is -2.84. The van der Waals surface area contributed by atoms with E-state index in [0.717, 1.165) is 22.5 Å². The van der Waals surface area contributed by atoms with Crippen LogP contribution in [0.4, 0.5) is 10.1 Å². The first-order valence-electron chi connectivity index (χ1n) is 8.38. The molecular weight excluding hydrogens is 369 g/mol. The van der Waals surface area contributed by atoms with Crippen LogP contribution in [-0.2, 0) is 27.8 Å². The summed E-state index contributed by atoms with van der Waals surface area (Å²) in [4.78, 5) is 15.2. The Morgan fingerprint density at radius 2 is 2.00 bits per heavy atom. The molecule has 0 spiro atoms. The highest BCUT2D eigenvalue weighted by atomic mass is 32.2. The summed E-state index contributed by atoms with van der Waals surface area (Å²) in [5, 5.41) is 3.50. The summed E-state index contributed by atoms with van der Waals surface area (Å²) in [6.45, 7) is 0.0160. The van der Waals surface area contributed by atoms with E-state index in [1.807, 2.05) is 18.2 Å². The lowest BCUT2D eigenvalue weighted by atomic mass is 10.0. The molecule has 1 aromatic heterocycles. The van der Waals surface area contributed by atoms with Crippen molar-refractivity contribution in [2.24, 2.45) is 0 Å². The number of hydrogen-bond donors (Lipinski definition) is 2. The predicted molar refractivity (Wildman–Crippen MR) is 99.1 cm³/mol. The molecule has 0 fully saturated rings. The largest absolute Gasteiger partial charge is 0.326 e. The molecule has 0 radical (unpaired) electrons. The van der Waals surface area contributed by atoms with Gasteiger partial charge in [0.15, 0.2) is 0 Å². The van der Waals surface area contributed by atoms with E-state index in [2.05, 4.69) is 15.0 Å². The molecule has 0 bridgehead atoms. The molecule has 0 atom stereocenters. The number of amides is 1. The molecule has 2 heterocycles. The molecule has 0 unspecified atom stereocenters. The van der Waals surface area contributed by atoms with Crippen molar-refractivity contribution in [2.45, 2.75) is 24.3 Å². The van der Waals surface area contributed by atoms with Crippen LogP contribution in [0.3, 0.4) is 0 Å².